The van der Waals surface area contributed by atoms with Crippen LogP contribution in [0.4, 0.5) is 4.39 Å². The molecule has 0 radical (unpaired) electrons. The molecule has 2 atom stereocenters. The fourth-order valence-electron chi connectivity index (χ4n) is 1.81. The van der Waals surface area contributed by atoms with Gasteiger partial charge in [-0.1, -0.05) is 24.3 Å². The van der Waals surface area contributed by atoms with E-state index in [1.807, 2.05) is 31.2 Å². The fraction of sp³-hybridized carbons (Fsp3) is 0.200. The van der Waals surface area contributed by atoms with Crippen molar-refractivity contribution in [1.29, 1.82) is 0 Å². The van der Waals surface area contributed by atoms with Crippen LogP contribution >= 0.6 is 15.9 Å². The Labute approximate surface area is 120 Å². The van der Waals surface area contributed by atoms with Gasteiger partial charge >= 0.3 is 0 Å². The number of nitrogens with two attached hydrogens (primary N) is 1. The summed E-state index contributed by atoms with van der Waals surface area (Å²) in [7, 11) is 0. The lowest BCUT2D eigenvalue weighted by atomic mass is 10.0. The van der Waals surface area contributed by atoms with E-state index in [2.05, 4.69) is 15.9 Å². The first-order valence-electron chi connectivity index (χ1n) is 6.00. The molecule has 0 aliphatic heterocycles. The standard InChI is InChI=1S/C15H15BrFNO/c1-10(18)15(11-6-8-12(17)9-7-11)19-14-5-3-2-4-13(14)16/h2-10,15H,18H2,1H3. The Morgan fingerprint density at radius 2 is 1.74 bits per heavy atom. The van der Waals surface area contributed by atoms with E-state index in [9.17, 15) is 4.39 Å². The fourth-order valence-corrected chi connectivity index (χ4v) is 2.19. The van der Waals surface area contributed by atoms with Crippen LogP contribution in [0.2, 0.25) is 0 Å². The third-order valence-electron chi connectivity index (χ3n) is 2.77. The molecule has 2 unspecified atom stereocenters. The molecule has 0 aliphatic carbocycles. The SMILES string of the molecule is CC(N)C(Oc1ccccc1Br)c1ccc(F)cc1. The molecule has 4 heteroatoms. The molecule has 0 saturated carbocycles. The molecule has 0 saturated heterocycles. The summed E-state index contributed by atoms with van der Waals surface area (Å²) in [5.74, 6) is 0.446. The number of benzene rings is 2. The molecular weight excluding hydrogens is 309 g/mol. The Morgan fingerprint density at radius 3 is 2.32 bits per heavy atom. The van der Waals surface area contributed by atoms with Crippen molar-refractivity contribution in [3.05, 3.63) is 64.4 Å². The molecule has 0 aromatic heterocycles. The number of para-hydroxylation sites is 1. The van der Waals surface area contributed by atoms with Crippen LogP contribution in [0, 0.1) is 5.82 Å². The molecule has 2 nitrogen and oxygen atoms in total. The molecule has 0 bridgehead atoms. The summed E-state index contributed by atoms with van der Waals surface area (Å²) in [6, 6.07) is 13.6. The highest BCUT2D eigenvalue weighted by atomic mass is 79.9. The monoisotopic (exact) mass is 323 g/mol. The minimum absolute atomic E-state index is 0.211. The van der Waals surface area contributed by atoms with Gasteiger partial charge in [-0.05, 0) is 52.7 Å². The van der Waals surface area contributed by atoms with Gasteiger partial charge in [-0.25, -0.2) is 4.39 Å². The summed E-state index contributed by atoms with van der Waals surface area (Å²) in [4.78, 5) is 0. The molecule has 100 valence electrons. The van der Waals surface area contributed by atoms with Crippen LogP contribution in [0.15, 0.2) is 53.0 Å². The lowest BCUT2D eigenvalue weighted by Gasteiger charge is -2.23. The Morgan fingerprint density at radius 1 is 1.11 bits per heavy atom. The van der Waals surface area contributed by atoms with Gasteiger partial charge in [-0.15, -0.1) is 0 Å². The van der Waals surface area contributed by atoms with E-state index in [-0.39, 0.29) is 18.0 Å². The number of rotatable bonds is 4. The van der Waals surface area contributed by atoms with E-state index in [1.165, 1.54) is 12.1 Å². The molecule has 19 heavy (non-hydrogen) atoms. The Hall–Kier alpha value is -1.39. The van der Waals surface area contributed by atoms with E-state index < -0.39 is 0 Å². The van der Waals surface area contributed by atoms with Crippen LogP contribution in [0.3, 0.4) is 0 Å². The maximum absolute atomic E-state index is 13.0. The summed E-state index contributed by atoms with van der Waals surface area (Å²) < 4.78 is 19.8. The second-order valence-electron chi connectivity index (χ2n) is 4.38. The minimum atomic E-state index is -0.320. The summed E-state index contributed by atoms with van der Waals surface area (Å²) in [5, 5.41) is 0. The van der Waals surface area contributed by atoms with Crippen LogP contribution in [0.1, 0.15) is 18.6 Å². The van der Waals surface area contributed by atoms with Gasteiger partial charge in [0.25, 0.3) is 0 Å². The van der Waals surface area contributed by atoms with E-state index in [0.29, 0.717) is 5.75 Å². The second kappa shape index (κ2) is 6.17. The lowest BCUT2D eigenvalue weighted by molar-refractivity contribution is 0.179. The van der Waals surface area contributed by atoms with Gasteiger partial charge < -0.3 is 10.5 Å². The topological polar surface area (TPSA) is 35.2 Å². The van der Waals surface area contributed by atoms with Gasteiger partial charge in [-0.3, -0.25) is 0 Å². The van der Waals surface area contributed by atoms with Crippen LogP contribution in [-0.4, -0.2) is 6.04 Å². The van der Waals surface area contributed by atoms with Crippen molar-refractivity contribution in [2.45, 2.75) is 19.1 Å². The highest BCUT2D eigenvalue weighted by Gasteiger charge is 2.19. The molecular formula is C15H15BrFNO. The van der Waals surface area contributed by atoms with Crippen molar-refractivity contribution < 1.29 is 9.13 Å². The van der Waals surface area contributed by atoms with E-state index in [4.69, 9.17) is 10.5 Å². The predicted molar refractivity (Wildman–Crippen MR) is 77.6 cm³/mol. The molecule has 0 spiro atoms. The summed E-state index contributed by atoms with van der Waals surface area (Å²) in [6.07, 6.45) is -0.320. The van der Waals surface area contributed by atoms with Crippen LogP contribution < -0.4 is 10.5 Å². The Balaban J connectivity index is 2.26. The highest BCUT2D eigenvalue weighted by molar-refractivity contribution is 9.10. The van der Waals surface area contributed by atoms with Crippen molar-refractivity contribution in [3.8, 4) is 5.75 Å². The van der Waals surface area contributed by atoms with E-state index in [0.717, 1.165) is 10.0 Å². The van der Waals surface area contributed by atoms with Crippen molar-refractivity contribution in [1.82, 2.24) is 0 Å². The van der Waals surface area contributed by atoms with Crippen LogP contribution in [-0.2, 0) is 0 Å². The lowest BCUT2D eigenvalue weighted by Crippen LogP contribution is -2.29. The summed E-state index contributed by atoms with van der Waals surface area (Å²) in [5.41, 5.74) is 6.82. The van der Waals surface area contributed by atoms with Gasteiger partial charge in [-0.2, -0.15) is 0 Å². The van der Waals surface area contributed by atoms with Gasteiger partial charge in [0.1, 0.15) is 17.7 Å². The largest absolute Gasteiger partial charge is 0.483 e. The highest BCUT2D eigenvalue weighted by Crippen LogP contribution is 2.30. The van der Waals surface area contributed by atoms with E-state index >= 15 is 0 Å². The number of ether oxygens (including phenoxy) is 1. The Bertz CT molecular complexity index is 542. The smallest absolute Gasteiger partial charge is 0.139 e. The molecule has 2 rings (SSSR count). The molecule has 0 fully saturated rings. The van der Waals surface area contributed by atoms with Gasteiger partial charge in [0.05, 0.1) is 4.47 Å². The molecule has 0 amide bonds. The quantitative estimate of drug-likeness (QED) is 0.921. The minimum Gasteiger partial charge on any atom is -0.483 e. The molecule has 2 aromatic rings. The number of hydrogen-bond acceptors (Lipinski definition) is 2. The van der Waals surface area contributed by atoms with Gasteiger partial charge in [0.2, 0.25) is 0 Å². The maximum atomic E-state index is 13.0. The predicted octanol–water partition coefficient (Wildman–Crippen LogP) is 4.06. The zero-order chi connectivity index (χ0) is 13.8. The van der Waals surface area contributed by atoms with E-state index in [1.54, 1.807) is 12.1 Å². The molecule has 0 heterocycles. The zero-order valence-corrected chi connectivity index (χ0v) is 12.1. The molecule has 0 aliphatic rings. The first-order chi connectivity index (χ1) is 9.08. The maximum Gasteiger partial charge on any atom is 0.139 e. The molecule has 2 aromatic carbocycles. The third kappa shape index (κ3) is 3.55. The van der Waals surface area contributed by atoms with Crippen molar-refractivity contribution in [3.63, 3.8) is 0 Å². The van der Waals surface area contributed by atoms with Crippen molar-refractivity contribution in [2.75, 3.05) is 0 Å². The summed E-state index contributed by atoms with van der Waals surface area (Å²) >= 11 is 3.43. The van der Waals surface area contributed by atoms with Crippen molar-refractivity contribution in [2.24, 2.45) is 5.73 Å². The third-order valence-corrected chi connectivity index (χ3v) is 3.42. The first-order valence-corrected chi connectivity index (χ1v) is 6.79. The zero-order valence-electron chi connectivity index (χ0n) is 10.5. The second-order valence-corrected chi connectivity index (χ2v) is 5.23. The van der Waals surface area contributed by atoms with Crippen LogP contribution in [0.5, 0.6) is 5.75 Å². The normalized spacial score (nSPS) is 13.9. The Kier molecular flexibility index (Phi) is 4.56. The van der Waals surface area contributed by atoms with Crippen LogP contribution in [0.25, 0.3) is 0 Å². The van der Waals surface area contributed by atoms with Gasteiger partial charge in [0, 0.05) is 6.04 Å². The summed E-state index contributed by atoms with van der Waals surface area (Å²) in [6.45, 7) is 1.87. The average molecular weight is 324 g/mol. The average Bonchev–Trinajstić information content (AvgIpc) is 2.39. The van der Waals surface area contributed by atoms with Crippen molar-refractivity contribution >= 4 is 15.9 Å². The molecule has 2 N–H and O–H groups in total. The number of halogens is 2. The number of hydrogen-bond donors (Lipinski definition) is 1. The van der Waals surface area contributed by atoms with Gasteiger partial charge in [0.15, 0.2) is 0 Å². The first kappa shape index (κ1) is 14.0.